The molecule has 0 bridgehead atoms. The third-order valence-corrected chi connectivity index (χ3v) is 22.7. The number of ether oxygens (including phenoxy) is 4. The topological polar surface area (TPSA) is 80.3 Å². The molecule has 408 valence electrons. The maximum Gasteiger partial charge on any atom is 0.308 e. The normalized spacial score (nSPS) is 13.7. The van der Waals surface area contributed by atoms with Crippen LogP contribution in [-0.4, -0.2) is 42.8 Å². The first kappa shape index (κ1) is 59.5. The van der Waals surface area contributed by atoms with E-state index in [0.717, 1.165) is 59.4 Å². The number of methoxy groups -OCH3 is 2. The van der Waals surface area contributed by atoms with Crippen LogP contribution in [0, 0.1) is 0 Å². The minimum Gasteiger partial charge on any atom is -0.497 e. The molecule has 0 aliphatic heterocycles. The highest BCUT2D eigenvalue weighted by Crippen LogP contribution is 2.46. The zero-order valence-electron chi connectivity index (χ0n) is 47.5. The van der Waals surface area contributed by atoms with Gasteiger partial charge in [-0.15, -0.1) is 0 Å². The second-order valence-corrected chi connectivity index (χ2v) is 31.0. The fourth-order valence-electron chi connectivity index (χ4n) is 11.4. The Labute approximate surface area is 460 Å². The minimum atomic E-state index is -1.57. The Bertz CT molecular complexity index is 2680. The number of hydrogen-bond acceptors (Lipinski definition) is 7. The van der Waals surface area contributed by atoms with E-state index in [0.29, 0.717) is 11.5 Å². The molecular formula is C67H90O7Si2. The Morgan fingerprint density at radius 2 is 0.974 bits per heavy atom. The molecule has 1 aliphatic carbocycles. The molecule has 9 heteroatoms. The van der Waals surface area contributed by atoms with Crippen molar-refractivity contribution >= 4 is 28.6 Å². The number of rotatable bonds is 26. The molecule has 0 heterocycles. The maximum atomic E-state index is 12.0. The lowest BCUT2D eigenvalue weighted by atomic mass is 9.65. The predicted molar refractivity (Wildman–Crippen MR) is 322 cm³/mol. The molecule has 1 unspecified atom stereocenters. The van der Waals surface area contributed by atoms with E-state index in [2.05, 4.69) is 124 Å². The lowest BCUT2D eigenvalue weighted by Gasteiger charge is -2.38. The van der Waals surface area contributed by atoms with Crippen LogP contribution in [0.2, 0.25) is 38.3 Å². The van der Waals surface area contributed by atoms with Crippen LogP contribution in [0.1, 0.15) is 153 Å². The molecule has 0 amide bonds. The predicted octanol–water partition coefficient (Wildman–Crippen LogP) is 18.9. The first-order chi connectivity index (χ1) is 36.7. The van der Waals surface area contributed by atoms with Gasteiger partial charge in [0.15, 0.2) is 16.6 Å². The number of carbonyl (C=O) groups is 2. The van der Waals surface area contributed by atoms with E-state index >= 15 is 0 Å². The van der Waals surface area contributed by atoms with Gasteiger partial charge in [0.1, 0.15) is 23.0 Å². The molecule has 7 nitrogen and oxygen atoms in total. The van der Waals surface area contributed by atoms with Gasteiger partial charge in [-0.25, -0.2) is 0 Å². The van der Waals surface area contributed by atoms with Crippen LogP contribution >= 0.6 is 0 Å². The molecule has 1 fully saturated rings. The summed E-state index contributed by atoms with van der Waals surface area (Å²) in [6.45, 7) is 14.9. The molecule has 0 spiro atoms. The van der Waals surface area contributed by atoms with Crippen molar-refractivity contribution in [2.75, 3.05) is 14.2 Å². The summed E-state index contributed by atoms with van der Waals surface area (Å²) in [7, 11) is 0.349. The number of benzene rings is 6. The minimum absolute atomic E-state index is 0. The molecule has 6 aromatic carbocycles. The Hall–Kier alpha value is -5.75. The zero-order valence-corrected chi connectivity index (χ0v) is 49.5. The molecule has 1 saturated carbocycles. The summed E-state index contributed by atoms with van der Waals surface area (Å²) in [5.74, 6) is 2.54. The summed E-state index contributed by atoms with van der Waals surface area (Å²) in [5, 5.41) is 0. The quantitative estimate of drug-likeness (QED) is 0.0232. The molecular weight excluding hydrogens is 973 g/mol. The van der Waals surface area contributed by atoms with Gasteiger partial charge in [-0.1, -0.05) is 187 Å². The third kappa shape index (κ3) is 17.9. The van der Waals surface area contributed by atoms with Gasteiger partial charge in [0.2, 0.25) is 0 Å². The summed E-state index contributed by atoms with van der Waals surface area (Å²) < 4.78 is 28.8. The highest BCUT2D eigenvalue weighted by atomic mass is 28.4. The lowest BCUT2D eigenvalue weighted by molar-refractivity contribution is -0.132. The fourth-order valence-corrected chi connectivity index (χ4v) is 20.5. The highest BCUT2D eigenvalue weighted by molar-refractivity contribution is 6.84. The standard InChI is InChI=1S/C46H64O4Si2.C21H24O3.H2/c1-8-9-33-51(4,5)50-52(6,7)34-23-15-13-11-10-12-14-22-28-42(40-29-31-45(48-3)43(35-40)38-24-18-16-19-25-38)41-30-32-46(49-37(2)47)44(36-41)39-26-20-17-21-27-39;1-16(22)24-20-12-8-18(9-13-20)21(14-4-3-5-15-21)17-6-10-19(23-2)11-7-17;/h16-21,24-27,29-32,35-36,42H,8-15,22-23,28,33-34H2,1-7H3;6-13H,3-5,14-15H2,1-2H3;1H. The molecule has 76 heavy (non-hydrogen) atoms. The van der Waals surface area contributed by atoms with Crippen LogP contribution in [0.25, 0.3) is 22.3 Å². The van der Waals surface area contributed by atoms with Crippen molar-refractivity contribution in [3.05, 3.63) is 168 Å². The first-order valence-electron chi connectivity index (χ1n) is 28.4. The first-order valence-corrected chi connectivity index (χ1v) is 34.6. The number of esters is 2. The summed E-state index contributed by atoms with van der Waals surface area (Å²) in [4.78, 5) is 23.2. The third-order valence-electron chi connectivity index (χ3n) is 15.2. The lowest BCUT2D eigenvalue weighted by Crippen LogP contribution is -2.44. The van der Waals surface area contributed by atoms with Gasteiger partial charge >= 0.3 is 11.9 Å². The van der Waals surface area contributed by atoms with Gasteiger partial charge in [0.05, 0.1) is 14.2 Å². The molecule has 1 atom stereocenters. The van der Waals surface area contributed by atoms with Gasteiger partial charge in [0, 0.05) is 37.7 Å². The molecule has 0 radical (unpaired) electrons. The van der Waals surface area contributed by atoms with Crippen LogP contribution < -0.4 is 18.9 Å². The average Bonchev–Trinajstić information content (AvgIpc) is 3.42. The van der Waals surface area contributed by atoms with Crippen molar-refractivity contribution in [3.8, 4) is 45.3 Å². The van der Waals surface area contributed by atoms with E-state index in [4.69, 9.17) is 23.1 Å². The molecule has 0 N–H and O–H groups in total. The van der Waals surface area contributed by atoms with Crippen LogP contribution in [0.3, 0.4) is 0 Å². The number of carbonyl (C=O) groups excluding carboxylic acids is 2. The summed E-state index contributed by atoms with van der Waals surface area (Å²) in [6, 6.07) is 52.8. The smallest absolute Gasteiger partial charge is 0.308 e. The summed E-state index contributed by atoms with van der Waals surface area (Å²) in [5.41, 5.74) is 9.39. The molecule has 0 saturated heterocycles. The Morgan fingerprint density at radius 1 is 0.513 bits per heavy atom. The Kier molecular flexibility index (Phi) is 23.2. The van der Waals surface area contributed by atoms with Gasteiger partial charge in [0.25, 0.3) is 0 Å². The van der Waals surface area contributed by atoms with E-state index in [-0.39, 0.29) is 24.7 Å². The molecule has 1 aliphatic rings. The van der Waals surface area contributed by atoms with Crippen molar-refractivity contribution in [1.82, 2.24) is 0 Å². The van der Waals surface area contributed by atoms with Crippen molar-refractivity contribution in [2.45, 2.75) is 173 Å². The van der Waals surface area contributed by atoms with E-state index in [1.165, 1.54) is 125 Å². The average molecular weight is 1060 g/mol. The van der Waals surface area contributed by atoms with Crippen LogP contribution in [0.15, 0.2) is 146 Å². The van der Waals surface area contributed by atoms with Crippen LogP contribution in [-0.2, 0) is 19.1 Å². The van der Waals surface area contributed by atoms with Gasteiger partial charge in [-0.3, -0.25) is 9.59 Å². The Balaban J connectivity index is 0.000000363. The van der Waals surface area contributed by atoms with Gasteiger partial charge in [-0.2, -0.15) is 0 Å². The number of unbranched alkanes of at least 4 members (excludes halogenated alkanes) is 8. The van der Waals surface area contributed by atoms with E-state index in [1.54, 1.807) is 14.2 Å². The SMILES string of the molecule is CCCC[Si](C)(C)O[Si](C)(C)CCCCCCCCCCC(c1ccc(OC)c(-c2ccccc2)c1)c1ccc(OC(C)=O)c(-c2ccccc2)c1.COc1ccc(C2(c3ccc(OC(C)=O)cc3)CCCCC2)cc1.[HH]. The number of hydrogen-bond donors (Lipinski definition) is 0. The van der Waals surface area contributed by atoms with Crippen molar-refractivity contribution < 1.29 is 34.1 Å². The van der Waals surface area contributed by atoms with Crippen molar-refractivity contribution in [2.24, 2.45) is 0 Å². The van der Waals surface area contributed by atoms with Crippen molar-refractivity contribution in [3.63, 3.8) is 0 Å². The largest absolute Gasteiger partial charge is 0.497 e. The van der Waals surface area contributed by atoms with Gasteiger partial charge < -0.3 is 23.1 Å². The maximum absolute atomic E-state index is 12.0. The van der Waals surface area contributed by atoms with Crippen LogP contribution in [0.4, 0.5) is 0 Å². The van der Waals surface area contributed by atoms with Crippen molar-refractivity contribution in [1.29, 1.82) is 0 Å². The van der Waals surface area contributed by atoms with E-state index in [1.807, 2.05) is 54.6 Å². The van der Waals surface area contributed by atoms with Crippen LogP contribution in [0.5, 0.6) is 23.0 Å². The van der Waals surface area contributed by atoms with E-state index < -0.39 is 16.6 Å². The summed E-state index contributed by atoms with van der Waals surface area (Å²) in [6.07, 6.45) is 19.9. The molecule has 7 rings (SSSR count). The molecule has 0 aromatic heterocycles. The second-order valence-electron chi connectivity index (χ2n) is 22.2. The van der Waals surface area contributed by atoms with E-state index in [9.17, 15) is 9.59 Å². The Morgan fingerprint density at radius 3 is 1.46 bits per heavy atom. The zero-order chi connectivity index (χ0) is 54.4. The summed E-state index contributed by atoms with van der Waals surface area (Å²) >= 11 is 0. The fraction of sp³-hybridized carbons (Fsp3) is 0.433. The molecule has 6 aromatic rings. The van der Waals surface area contributed by atoms with Gasteiger partial charge in [-0.05, 0) is 139 Å². The monoisotopic (exact) mass is 1060 g/mol. The second kappa shape index (κ2) is 29.7. The highest BCUT2D eigenvalue weighted by Gasteiger charge is 2.36.